The van der Waals surface area contributed by atoms with Gasteiger partial charge in [-0.3, -0.25) is 9.59 Å². The molecule has 12 nitrogen and oxygen atoms in total. The molecule has 2 amide bonds. The lowest BCUT2D eigenvalue weighted by molar-refractivity contribution is -0.127. The first-order chi connectivity index (χ1) is 32.5. The molecule has 4 heterocycles. The molecule has 0 radical (unpaired) electrons. The van der Waals surface area contributed by atoms with Crippen molar-refractivity contribution in [3.05, 3.63) is 120 Å². The van der Waals surface area contributed by atoms with Crippen molar-refractivity contribution < 1.29 is 38.4 Å². The Hall–Kier alpha value is -5.02. The van der Waals surface area contributed by atoms with E-state index in [2.05, 4.69) is 80.4 Å². The largest absolute Gasteiger partial charge is 0.505 e. The Balaban J connectivity index is 0.000000224. The van der Waals surface area contributed by atoms with E-state index >= 15 is 0 Å². The van der Waals surface area contributed by atoms with Gasteiger partial charge in [0.15, 0.2) is 11.5 Å². The molecule has 0 saturated carbocycles. The summed E-state index contributed by atoms with van der Waals surface area (Å²) in [6.45, 7) is 13.6. The van der Waals surface area contributed by atoms with Crippen LogP contribution >= 0.6 is 70.5 Å². The highest BCUT2D eigenvalue weighted by atomic mass is 79.9. The molecule has 2 aliphatic heterocycles. The summed E-state index contributed by atoms with van der Waals surface area (Å²) in [5.41, 5.74) is 1.07. The highest BCUT2D eigenvalue weighted by molar-refractivity contribution is 9.69. The SMILES string of the molecule is BrB(Br)Br.C=CC(=O)N1CCN(c2ncnc3c(O)c(-c4ccc(F)cc4F)c(Cl)cc23)CC1.C=CC(=O)N1CCN(c2ncnc3c(OC)c(-c4ccc(F)cc4F)c(Cl)cc23)CC1.[2H]CC. The van der Waals surface area contributed by atoms with Crippen LogP contribution in [0.5, 0.6) is 11.5 Å². The third-order valence-electron chi connectivity index (χ3n) is 10.4. The first kappa shape index (κ1) is 51.4. The van der Waals surface area contributed by atoms with E-state index in [1.165, 1.54) is 44.0 Å². The molecule has 4 aromatic carbocycles. The van der Waals surface area contributed by atoms with Gasteiger partial charge in [0.05, 0.1) is 17.2 Å². The zero-order valence-corrected chi connectivity index (χ0v) is 42.2. The number of piperazine rings is 2. The fourth-order valence-electron chi connectivity index (χ4n) is 7.39. The molecule has 67 heavy (non-hydrogen) atoms. The summed E-state index contributed by atoms with van der Waals surface area (Å²) in [6, 6.07) is 9.53. The molecule has 0 spiro atoms. The number of hydrogen-bond acceptors (Lipinski definition) is 10. The fraction of sp³-hybridized carbons (Fsp3) is 0.244. The summed E-state index contributed by atoms with van der Waals surface area (Å²) in [4.78, 5) is 48.3. The standard InChI is InChI=1S/C22H19ClF2N4O2.C21H17ClF2N4O2.C2H6.BBr3/c1-3-18(30)28-6-8-29(9-7-28)22-15-11-16(23)19(14-5-4-13(24)10-17(14)25)21(31-2)20(15)26-12-27-22;1-2-17(29)27-5-7-28(8-6-27)21-14-10-15(22)18(20(30)19(14)25-11-26-21)13-4-3-12(23)9-16(13)24;1-2;2-1(3)4/h3-5,10-12H,1,6-9H2,2H3;2-4,9-11,30H,1,5-8H2;1-2H3;/i;;1D;. The lowest BCUT2D eigenvalue weighted by Gasteiger charge is -2.35. The van der Waals surface area contributed by atoms with Crippen LogP contribution in [-0.2, 0) is 9.59 Å². The van der Waals surface area contributed by atoms with Gasteiger partial charge in [-0.1, -0.05) is 50.2 Å². The Morgan fingerprint density at radius 2 is 1.10 bits per heavy atom. The van der Waals surface area contributed by atoms with Gasteiger partial charge in [-0.25, -0.2) is 37.5 Å². The average molecular weight is 1160 g/mol. The number of fused-ring (bicyclic) bond motifs is 2. The predicted molar refractivity (Wildman–Crippen MR) is 270 cm³/mol. The lowest BCUT2D eigenvalue weighted by atomic mass is 10.0. The molecule has 22 heteroatoms. The molecule has 2 aliphatic rings. The maximum Gasteiger partial charge on any atom is 0.369 e. The number of phenols is 1. The van der Waals surface area contributed by atoms with Gasteiger partial charge in [-0.05, 0) is 48.6 Å². The number of carbonyl (C=O) groups excluding carboxylic acids is 2. The predicted octanol–water partition coefficient (Wildman–Crippen LogP) is 11.0. The average Bonchev–Trinajstić information content (AvgIpc) is 3.31. The van der Waals surface area contributed by atoms with E-state index in [4.69, 9.17) is 29.3 Å². The van der Waals surface area contributed by atoms with Gasteiger partial charge < -0.3 is 29.4 Å². The maximum atomic E-state index is 14.5. The summed E-state index contributed by atoms with van der Waals surface area (Å²) in [5, 5.41) is 12.3. The maximum absolute atomic E-state index is 14.5. The lowest BCUT2D eigenvalue weighted by Crippen LogP contribution is -2.48. The Bertz CT molecular complexity index is 2810. The van der Waals surface area contributed by atoms with Gasteiger partial charge in [0.25, 0.3) is 0 Å². The van der Waals surface area contributed by atoms with Crippen LogP contribution in [0.25, 0.3) is 44.1 Å². The number of ether oxygens (including phenoxy) is 1. The van der Waals surface area contributed by atoms with E-state index < -0.39 is 23.3 Å². The summed E-state index contributed by atoms with van der Waals surface area (Å²) >= 11 is 22.3. The van der Waals surface area contributed by atoms with Crippen molar-refractivity contribution in [2.24, 2.45) is 0 Å². The van der Waals surface area contributed by atoms with E-state index in [1.54, 1.807) is 28.9 Å². The van der Waals surface area contributed by atoms with Crippen molar-refractivity contribution in [3.8, 4) is 33.8 Å². The number of amides is 2. The number of benzene rings is 4. The first-order valence-corrected chi connectivity index (χ1v) is 23.6. The molecule has 2 aromatic heterocycles. The third-order valence-corrected chi connectivity index (χ3v) is 11.0. The number of nitrogens with zero attached hydrogens (tertiary/aromatic N) is 8. The number of aromatic nitrogens is 4. The molecular formula is C45H42BBr3Cl2F4N8O4. The van der Waals surface area contributed by atoms with Crippen molar-refractivity contribution in [3.63, 3.8) is 0 Å². The Kier molecular flexibility index (Phi) is 18.7. The van der Waals surface area contributed by atoms with E-state index in [9.17, 15) is 32.3 Å². The minimum atomic E-state index is -0.844. The molecule has 0 atom stereocenters. The monoisotopic (exact) mass is 1150 g/mol. The van der Waals surface area contributed by atoms with E-state index in [0.29, 0.717) is 92.7 Å². The van der Waals surface area contributed by atoms with Crippen molar-refractivity contribution in [2.45, 2.75) is 13.8 Å². The number of rotatable bonds is 7. The number of hydrogen-bond donors (Lipinski definition) is 1. The Morgan fingerprint density at radius 3 is 1.51 bits per heavy atom. The number of carbonyl (C=O) groups is 2. The molecule has 6 aromatic rings. The quantitative estimate of drug-likeness (QED) is 0.0937. The van der Waals surface area contributed by atoms with Gasteiger partial charge in [0.1, 0.15) is 58.6 Å². The van der Waals surface area contributed by atoms with Crippen molar-refractivity contribution in [1.29, 1.82) is 0 Å². The molecule has 352 valence electrons. The van der Waals surface area contributed by atoms with Crippen LogP contribution in [-0.4, -0.2) is 109 Å². The topological polar surface area (TPSA) is 128 Å². The van der Waals surface area contributed by atoms with E-state index in [-0.39, 0.29) is 58.8 Å². The molecule has 2 saturated heterocycles. The summed E-state index contributed by atoms with van der Waals surface area (Å²) in [6.07, 6.45) is 5.29. The van der Waals surface area contributed by atoms with Crippen molar-refractivity contribution in [2.75, 3.05) is 69.3 Å². The van der Waals surface area contributed by atoms with E-state index in [0.717, 1.165) is 24.3 Å². The minimum Gasteiger partial charge on any atom is -0.505 e. The highest BCUT2D eigenvalue weighted by Gasteiger charge is 2.27. The van der Waals surface area contributed by atoms with E-state index in [1.807, 2.05) is 9.80 Å². The van der Waals surface area contributed by atoms with Crippen molar-refractivity contribution in [1.82, 2.24) is 29.7 Å². The number of anilines is 2. The Labute approximate surface area is 421 Å². The van der Waals surface area contributed by atoms with Crippen molar-refractivity contribution >= 4 is 119 Å². The second-order valence-electron chi connectivity index (χ2n) is 14.1. The van der Waals surface area contributed by atoms with Gasteiger partial charge in [-0.15, -0.1) is 47.3 Å². The number of methoxy groups -OCH3 is 1. The van der Waals surface area contributed by atoms with Crippen LogP contribution < -0.4 is 14.5 Å². The fourth-order valence-corrected chi connectivity index (χ4v) is 7.99. The highest BCUT2D eigenvalue weighted by Crippen LogP contribution is 2.45. The second-order valence-corrected chi connectivity index (χ2v) is 21.3. The van der Waals surface area contributed by atoms with Gasteiger partial charge in [-0.2, -0.15) is 0 Å². The van der Waals surface area contributed by atoms with Crippen LogP contribution in [0.1, 0.15) is 15.2 Å². The minimum absolute atomic E-state index is 0.0301. The second kappa shape index (κ2) is 24.3. The van der Waals surface area contributed by atoms with Crippen LogP contribution in [0.2, 0.25) is 10.0 Å². The number of phenolic OH excluding ortho intramolecular Hbond substituents is 1. The molecule has 0 bridgehead atoms. The van der Waals surface area contributed by atoms with Gasteiger partial charge in [0.2, 0.25) is 11.8 Å². The molecular weight excluding hydrogens is 1110 g/mol. The molecule has 0 aliphatic carbocycles. The first-order valence-electron chi connectivity index (χ1n) is 20.8. The van der Waals surface area contributed by atoms with Crippen LogP contribution in [0.3, 0.4) is 0 Å². The normalized spacial score (nSPS) is 13.6. The summed E-state index contributed by atoms with van der Waals surface area (Å²) in [5.74, 6) is -2.10. The zero-order valence-electron chi connectivity index (χ0n) is 36.9. The van der Waals surface area contributed by atoms with Crippen LogP contribution in [0, 0.1) is 23.3 Å². The van der Waals surface area contributed by atoms with Gasteiger partial charge in [0, 0.05) is 98.9 Å². The smallest absolute Gasteiger partial charge is 0.369 e. The zero-order chi connectivity index (χ0) is 49.8. The summed E-state index contributed by atoms with van der Waals surface area (Å²) < 4.78 is 67.5. The third kappa shape index (κ3) is 12.4. The van der Waals surface area contributed by atoms with Crippen LogP contribution in [0.4, 0.5) is 29.2 Å². The molecule has 0 unspecified atom stereocenters. The molecule has 8 rings (SSSR count). The number of halogens is 9. The van der Waals surface area contributed by atoms with Gasteiger partial charge >= 0.3 is 3.18 Å². The Morgan fingerprint density at radius 1 is 0.716 bits per heavy atom. The molecule has 1 N–H and O–H groups in total. The summed E-state index contributed by atoms with van der Waals surface area (Å²) in [7, 11) is 1.44. The van der Waals surface area contributed by atoms with Crippen LogP contribution in [0.15, 0.2) is 86.5 Å². The number of aromatic hydroxyl groups is 1. The molecule has 2 fully saturated rings.